The number of benzene rings is 2. The third-order valence-corrected chi connectivity index (χ3v) is 7.56. The fraction of sp³-hybridized carbons (Fsp3) is 0.483. The lowest BCUT2D eigenvalue weighted by atomic mass is 9.94. The van der Waals surface area contributed by atoms with Crippen molar-refractivity contribution in [2.24, 2.45) is 5.92 Å². The van der Waals surface area contributed by atoms with Crippen LogP contribution < -0.4 is 15.8 Å². The Kier molecular flexibility index (Phi) is 7.45. The van der Waals surface area contributed by atoms with Gasteiger partial charge in [0.05, 0.1) is 23.5 Å². The first kappa shape index (κ1) is 23.6. The fourth-order valence-electron chi connectivity index (χ4n) is 5.61. The van der Waals surface area contributed by atoms with Crippen LogP contribution in [0.25, 0.3) is 11.0 Å². The van der Waals surface area contributed by atoms with Gasteiger partial charge in [-0.3, -0.25) is 14.2 Å². The summed E-state index contributed by atoms with van der Waals surface area (Å²) >= 11 is 0. The number of fused-ring (bicyclic) bond motifs is 1. The van der Waals surface area contributed by atoms with E-state index in [-0.39, 0.29) is 17.4 Å². The van der Waals surface area contributed by atoms with E-state index in [2.05, 4.69) is 5.32 Å². The Morgan fingerprint density at radius 1 is 0.886 bits per heavy atom. The molecule has 1 aliphatic carbocycles. The van der Waals surface area contributed by atoms with Crippen LogP contribution in [0.1, 0.15) is 63.4 Å². The van der Waals surface area contributed by atoms with E-state index in [4.69, 9.17) is 4.98 Å². The summed E-state index contributed by atoms with van der Waals surface area (Å²) in [6.45, 7) is 1.79. The Bertz CT molecular complexity index is 1200. The number of amides is 1. The molecule has 1 unspecified atom stereocenters. The second-order valence-corrected chi connectivity index (χ2v) is 10.1. The van der Waals surface area contributed by atoms with E-state index in [0.717, 1.165) is 48.8 Å². The highest BCUT2D eigenvalue weighted by molar-refractivity contribution is 5.80. The van der Waals surface area contributed by atoms with Crippen molar-refractivity contribution < 1.29 is 4.79 Å². The van der Waals surface area contributed by atoms with Gasteiger partial charge in [-0.25, -0.2) is 4.98 Å². The minimum absolute atomic E-state index is 0.0892. The van der Waals surface area contributed by atoms with Crippen molar-refractivity contribution in [2.45, 2.75) is 70.4 Å². The summed E-state index contributed by atoms with van der Waals surface area (Å²) < 4.78 is 1.82. The molecule has 1 aromatic heterocycles. The van der Waals surface area contributed by atoms with Gasteiger partial charge in [0, 0.05) is 19.1 Å². The normalized spacial score (nSPS) is 19.8. The van der Waals surface area contributed by atoms with Gasteiger partial charge < -0.3 is 10.2 Å². The molecule has 0 radical (unpaired) electrons. The minimum atomic E-state index is -0.107. The van der Waals surface area contributed by atoms with Gasteiger partial charge in [-0.05, 0) is 43.4 Å². The van der Waals surface area contributed by atoms with Crippen molar-refractivity contribution in [2.75, 3.05) is 18.0 Å². The lowest BCUT2D eigenvalue weighted by molar-refractivity contribution is -0.126. The molecule has 3 aromatic rings. The first-order valence-electron chi connectivity index (χ1n) is 13.3. The van der Waals surface area contributed by atoms with Crippen molar-refractivity contribution in [3.05, 3.63) is 70.5 Å². The van der Waals surface area contributed by atoms with E-state index < -0.39 is 0 Å². The smallest absolute Gasteiger partial charge is 0.294 e. The highest BCUT2D eigenvalue weighted by atomic mass is 16.2. The maximum atomic E-state index is 13.7. The zero-order valence-corrected chi connectivity index (χ0v) is 20.5. The summed E-state index contributed by atoms with van der Waals surface area (Å²) in [4.78, 5) is 33.8. The maximum absolute atomic E-state index is 13.7. The molecule has 6 heteroatoms. The highest BCUT2D eigenvalue weighted by Gasteiger charge is 2.30. The Morgan fingerprint density at radius 2 is 1.60 bits per heavy atom. The van der Waals surface area contributed by atoms with E-state index in [1.165, 1.54) is 32.1 Å². The van der Waals surface area contributed by atoms with Crippen LogP contribution in [0.15, 0.2) is 59.4 Å². The zero-order chi connectivity index (χ0) is 24.0. The standard InChI is InChI=1S/C29H36N4O2/c34-28(30-24-15-7-2-1-3-8-16-24)23-14-11-19-32(21-23)27-29(35)33(20-22-12-5-4-6-13-22)26-18-10-9-17-25(26)31-27/h4-6,9-10,12-13,17-18,23-24H,1-3,7-8,11,14-16,19-21H2,(H,30,34). The average Bonchev–Trinajstić information content (AvgIpc) is 2.88. The van der Waals surface area contributed by atoms with E-state index in [0.29, 0.717) is 24.9 Å². The monoisotopic (exact) mass is 472 g/mol. The van der Waals surface area contributed by atoms with Crippen LogP contribution >= 0.6 is 0 Å². The molecular formula is C29H36N4O2. The van der Waals surface area contributed by atoms with Crippen LogP contribution in [0.5, 0.6) is 0 Å². The van der Waals surface area contributed by atoms with Crippen molar-refractivity contribution in [3.63, 3.8) is 0 Å². The molecule has 1 N–H and O–H groups in total. The summed E-state index contributed by atoms with van der Waals surface area (Å²) in [6, 6.07) is 18.2. The van der Waals surface area contributed by atoms with Gasteiger partial charge in [0.15, 0.2) is 5.82 Å². The molecule has 2 heterocycles. The number of aromatic nitrogens is 2. The van der Waals surface area contributed by atoms with Gasteiger partial charge in [0.1, 0.15) is 0 Å². The second kappa shape index (κ2) is 11.1. The summed E-state index contributed by atoms with van der Waals surface area (Å²) in [6.07, 6.45) is 10.2. The van der Waals surface area contributed by atoms with Crippen LogP contribution in [-0.4, -0.2) is 34.6 Å². The topological polar surface area (TPSA) is 67.2 Å². The summed E-state index contributed by atoms with van der Waals surface area (Å²) in [5, 5.41) is 3.35. The molecule has 2 aliphatic rings. The molecular weight excluding hydrogens is 436 g/mol. The number of piperidine rings is 1. The number of carbonyl (C=O) groups is 1. The molecule has 1 atom stereocenters. The van der Waals surface area contributed by atoms with Crippen LogP contribution in [0.4, 0.5) is 5.82 Å². The minimum Gasteiger partial charge on any atom is -0.353 e. The SMILES string of the molecule is O=C(NC1CCCCCCC1)C1CCCN(c2nc3ccccc3n(Cc3ccccc3)c2=O)C1. The third-order valence-electron chi connectivity index (χ3n) is 7.56. The van der Waals surface area contributed by atoms with Crippen molar-refractivity contribution >= 4 is 22.8 Å². The molecule has 1 aliphatic heterocycles. The number of carbonyl (C=O) groups excluding carboxylic acids is 1. The molecule has 6 nitrogen and oxygen atoms in total. The molecule has 35 heavy (non-hydrogen) atoms. The van der Waals surface area contributed by atoms with Gasteiger partial charge in [0.25, 0.3) is 5.56 Å². The van der Waals surface area contributed by atoms with Crippen molar-refractivity contribution in [1.29, 1.82) is 0 Å². The second-order valence-electron chi connectivity index (χ2n) is 10.1. The van der Waals surface area contributed by atoms with E-state index >= 15 is 0 Å². The van der Waals surface area contributed by atoms with Gasteiger partial charge in [-0.1, -0.05) is 74.6 Å². The first-order chi connectivity index (χ1) is 17.2. The quantitative estimate of drug-likeness (QED) is 0.574. The maximum Gasteiger partial charge on any atom is 0.294 e. The number of hydrogen-bond donors (Lipinski definition) is 1. The van der Waals surface area contributed by atoms with Crippen LogP contribution in [0, 0.1) is 5.92 Å². The number of nitrogens with zero attached hydrogens (tertiary/aromatic N) is 3. The van der Waals surface area contributed by atoms with Gasteiger partial charge in [-0.15, -0.1) is 0 Å². The zero-order valence-electron chi connectivity index (χ0n) is 20.5. The number of nitrogens with one attached hydrogen (secondary N) is 1. The van der Waals surface area contributed by atoms with E-state index in [1.807, 2.05) is 64.1 Å². The van der Waals surface area contributed by atoms with Gasteiger partial charge >= 0.3 is 0 Å². The number of rotatable bonds is 5. The Labute approximate surface area is 207 Å². The van der Waals surface area contributed by atoms with Gasteiger partial charge in [-0.2, -0.15) is 0 Å². The molecule has 184 valence electrons. The van der Waals surface area contributed by atoms with E-state index in [9.17, 15) is 9.59 Å². The van der Waals surface area contributed by atoms with E-state index in [1.54, 1.807) is 0 Å². The van der Waals surface area contributed by atoms with Crippen LogP contribution in [0.3, 0.4) is 0 Å². The van der Waals surface area contributed by atoms with Gasteiger partial charge in [0.2, 0.25) is 5.91 Å². The first-order valence-corrected chi connectivity index (χ1v) is 13.3. The Hall–Kier alpha value is -3.15. The molecule has 1 amide bonds. The Morgan fingerprint density at radius 3 is 2.40 bits per heavy atom. The lowest BCUT2D eigenvalue weighted by Crippen LogP contribution is -2.47. The molecule has 0 bridgehead atoms. The van der Waals surface area contributed by atoms with Crippen LogP contribution in [0.2, 0.25) is 0 Å². The molecule has 5 rings (SSSR count). The summed E-state index contributed by atoms with van der Waals surface area (Å²) in [7, 11) is 0. The fourth-order valence-corrected chi connectivity index (χ4v) is 5.61. The number of hydrogen-bond acceptors (Lipinski definition) is 4. The molecule has 1 saturated carbocycles. The number of anilines is 1. The Balaban J connectivity index is 1.38. The van der Waals surface area contributed by atoms with Crippen molar-refractivity contribution in [1.82, 2.24) is 14.9 Å². The number of para-hydroxylation sites is 2. The third kappa shape index (κ3) is 5.58. The van der Waals surface area contributed by atoms with Crippen LogP contribution in [-0.2, 0) is 11.3 Å². The predicted molar refractivity (Wildman–Crippen MR) is 141 cm³/mol. The average molecular weight is 473 g/mol. The molecule has 1 saturated heterocycles. The molecule has 2 fully saturated rings. The molecule has 2 aromatic carbocycles. The lowest BCUT2D eigenvalue weighted by Gasteiger charge is -2.34. The highest BCUT2D eigenvalue weighted by Crippen LogP contribution is 2.24. The van der Waals surface area contributed by atoms with Crippen molar-refractivity contribution in [3.8, 4) is 0 Å². The largest absolute Gasteiger partial charge is 0.353 e. The predicted octanol–water partition coefficient (Wildman–Crippen LogP) is 4.89. The summed E-state index contributed by atoms with van der Waals surface area (Å²) in [5.41, 5.74) is 2.63. The summed E-state index contributed by atoms with van der Waals surface area (Å²) in [5.74, 6) is 0.498. The molecule has 0 spiro atoms.